The average Bonchev–Trinajstić information content (AvgIpc) is 0.839. The van der Waals surface area contributed by atoms with E-state index in [1.165, 1.54) is 0 Å². The second-order valence-corrected chi connectivity index (χ2v) is 22.2. The fourth-order valence-electron chi connectivity index (χ4n) is 11.3. The van der Waals surface area contributed by atoms with Crippen LogP contribution in [0.4, 0.5) is 34.1 Å². The minimum absolute atomic E-state index is 0. The largest absolute Gasteiger partial charge is 3.00 e. The molecule has 15 aromatic rings. The van der Waals surface area contributed by atoms with E-state index in [4.69, 9.17) is 15.3 Å². The maximum absolute atomic E-state index is 12.5. The van der Waals surface area contributed by atoms with Crippen molar-refractivity contribution in [3.63, 3.8) is 0 Å². The molecular weight excluding hydrogens is 1600 g/mol. The van der Waals surface area contributed by atoms with Gasteiger partial charge >= 0.3 is 76.3 Å². The zero-order chi connectivity index (χ0) is 71.7. The van der Waals surface area contributed by atoms with E-state index < -0.39 is 0 Å². The molecule has 0 saturated carbocycles. The number of rotatable bonds is 12. The van der Waals surface area contributed by atoms with Crippen molar-refractivity contribution in [3.8, 4) is 34.5 Å². The van der Waals surface area contributed by atoms with Gasteiger partial charge in [-0.05, 0) is 134 Å². The summed E-state index contributed by atoms with van der Waals surface area (Å²) in [5, 5.41) is 107. The number of hydrogen-bond acceptors (Lipinski definition) is 15. The topological polar surface area (TPSA) is 273 Å². The van der Waals surface area contributed by atoms with Crippen molar-refractivity contribution >= 4 is 136 Å². The molecule has 3 N–H and O–H groups in total. The van der Waals surface area contributed by atoms with Gasteiger partial charge in [-0.2, -0.15) is 0 Å². The number of benzene rings is 15. The number of para-hydroxylation sites is 6. The van der Waals surface area contributed by atoms with Crippen LogP contribution in [0.1, 0.15) is 33.4 Å². The van der Waals surface area contributed by atoms with Crippen LogP contribution in [0, 0.1) is 76.3 Å². The van der Waals surface area contributed by atoms with Crippen LogP contribution in [0.2, 0.25) is 0 Å². The number of aliphatic hydroxyl groups is 3. The standard InChI is InChI=1S/3C28H20N2O2.3CH4O.2Dy/c3*31-27-15-13-19-7-1-3-9-21(19)23(27)17-29-25-11-5-6-12-26(25)30-18-24-22-10-4-2-8-20(22)14-16-28(24)32;3*1-2;;/h3*1-18,31-32H;3*2H,1H3;;/q;;;;;;2*+3/p-6. The number of aliphatic imine (C=N–C) groups is 6. The summed E-state index contributed by atoms with van der Waals surface area (Å²) in [4.78, 5) is 27.4. The summed E-state index contributed by atoms with van der Waals surface area (Å²) < 4.78 is 0. The van der Waals surface area contributed by atoms with E-state index in [9.17, 15) is 30.6 Å². The molecular formula is C87H66Dy2N6O9. The smallest absolute Gasteiger partial charge is 0.872 e. The van der Waals surface area contributed by atoms with Gasteiger partial charge in [0.1, 0.15) is 0 Å². The second kappa shape index (κ2) is 39.5. The van der Waals surface area contributed by atoms with E-state index in [1.807, 2.05) is 255 Å². The molecule has 15 aromatic carbocycles. The molecule has 0 aliphatic heterocycles. The van der Waals surface area contributed by atoms with Crippen LogP contribution in [0.25, 0.3) is 64.6 Å². The Bertz CT molecular complexity index is 4740. The zero-order valence-electron chi connectivity index (χ0n) is 56.3. The zero-order valence-corrected chi connectivity index (χ0v) is 60.3. The van der Waals surface area contributed by atoms with E-state index in [2.05, 4.69) is 30.0 Å². The molecule has 15 rings (SSSR count). The number of fused-ring (bicyclic) bond motifs is 6. The predicted octanol–water partition coefficient (Wildman–Crippen LogP) is 15.7. The Labute approximate surface area is 662 Å². The van der Waals surface area contributed by atoms with Gasteiger partial charge in [0.05, 0.1) is 34.1 Å². The normalized spacial score (nSPS) is 11.0. The maximum atomic E-state index is 12.5. The van der Waals surface area contributed by atoms with Crippen LogP contribution >= 0.6 is 0 Å². The summed E-state index contributed by atoms with van der Waals surface area (Å²) in [6, 6.07) is 88.8. The molecule has 0 fully saturated rings. The fraction of sp³-hybridized carbons (Fsp3) is 0.0345. The quantitative estimate of drug-likeness (QED) is 0.0980. The molecule has 0 heterocycles. The van der Waals surface area contributed by atoms with Gasteiger partial charge < -0.3 is 46.0 Å². The third-order valence-corrected chi connectivity index (χ3v) is 16.2. The first kappa shape index (κ1) is 78.8. The molecule has 0 unspecified atom stereocenters. The third-order valence-electron chi connectivity index (χ3n) is 16.2. The molecule has 0 amide bonds. The van der Waals surface area contributed by atoms with Crippen LogP contribution < -0.4 is 30.6 Å². The third kappa shape index (κ3) is 19.2. The first-order chi connectivity index (χ1) is 50.1. The van der Waals surface area contributed by atoms with Crippen LogP contribution in [0.5, 0.6) is 34.5 Å². The van der Waals surface area contributed by atoms with Gasteiger partial charge in [-0.25, -0.2) is 0 Å². The van der Waals surface area contributed by atoms with Crippen LogP contribution in [-0.4, -0.2) is 73.9 Å². The summed E-state index contributed by atoms with van der Waals surface area (Å²) in [7, 11) is 3.00. The van der Waals surface area contributed by atoms with Crippen LogP contribution in [0.15, 0.2) is 321 Å². The monoisotopic (exact) mass is 1670 g/mol. The Morgan fingerprint density at radius 3 is 0.452 bits per heavy atom. The molecule has 2 radical (unpaired) electrons. The van der Waals surface area contributed by atoms with Gasteiger partial charge in [0.15, 0.2) is 0 Å². The minimum Gasteiger partial charge on any atom is -0.872 e. The fourth-order valence-corrected chi connectivity index (χ4v) is 11.3. The molecule has 17 heteroatoms. The van der Waals surface area contributed by atoms with Crippen molar-refractivity contribution in [2.45, 2.75) is 0 Å². The molecule has 15 nitrogen and oxygen atoms in total. The summed E-state index contributed by atoms with van der Waals surface area (Å²) in [5.74, 6) is -0.499. The SMILES string of the molecule is CO.CO.CO.[Dy+3].[Dy+3].[O-]c1ccc2ccccc2c1C=Nc1ccccc1N=Cc1c([O-])ccc2ccccc12.[O-]c1ccc2ccccc2c1C=Nc1ccccc1N=Cc1c([O-])ccc2ccccc12.[O-]c1ccc2ccccc2c1C=Nc1ccccc1N=Cc1c([O-])ccc2ccccc12. The first-order valence-electron chi connectivity index (χ1n) is 32.1. The van der Waals surface area contributed by atoms with Crippen molar-refractivity contribution in [3.05, 3.63) is 325 Å². The van der Waals surface area contributed by atoms with Crippen molar-refractivity contribution < 1.29 is 122 Å². The van der Waals surface area contributed by atoms with Crippen LogP contribution in [0.3, 0.4) is 0 Å². The van der Waals surface area contributed by atoms with E-state index in [0.29, 0.717) is 67.5 Å². The minimum atomic E-state index is -0.0832. The molecule has 0 spiro atoms. The number of hydrogen-bond donors (Lipinski definition) is 3. The van der Waals surface area contributed by atoms with Crippen molar-refractivity contribution in [2.24, 2.45) is 30.0 Å². The van der Waals surface area contributed by atoms with Gasteiger partial charge in [0, 0.05) is 58.6 Å². The van der Waals surface area contributed by atoms with Crippen molar-refractivity contribution in [1.82, 2.24) is 0 Å². The maximum Gasteiger partial charge on any atom is 3.00 e. The van der Waals surface area contributed by atoms with Gasteiger partial charge in [-0.1, -0.05) is 289 Å². The van der Waals surface area contributed by atoms with Crippen LogP contribution in [-0.2, 0) is 0 Å². The number of aliphatic hydroxyl groups excluding tert-OH is 3. The molecule has 0 bridgehead atoms. The first-order valence-corrected chi connectivity index (χ1v) is 32.1. The predicted molar refractivity (Wildman–Crippen MR) is 408 cm³/mol. The summed E-state index contributed by atoms with van der Waals surface area (Å²) in [5.41, 5.74) is 6.93. The molecule has 0 saturated heterocycles. The summed E-state index contributed by atoms with van der Waals surface area (Å²) in [6.45, 7) is 0. The van der Waals surface area contributed by atoms with E-state index in [1.54, 1.807) is 73.7 Å². The molecule has 0 aliphatic carbocycles. The van der Waals surface area contributed by atoms with E-state index >= 15 is 0 Å². The Morgan fingerprint density at radius 2 is 0.308 bits per heavy atom. The summed E-state index contributed by atoms with van der Waals surface area (Å²) in [6.07, 6.45) is 9.56. The van der Waals surface area contributed by atoms with E-state index in [-0.39, 0.29) is 111 Å². The van der Waals surface area contributed by atoms with Gasteiger partial charge in [0.25, 0.3) is 0 Å². The Kier molecular flexibility index (Phi) is 29.9. The second-order valence-electron chi connectivity index (χ2n) is 22.2. The van der Waals surface area contributed by atoms with Gasteiger partial charge in [-0.3, -0.25) is 30.0 Å². The molecule has 104 heavy (non-hydrogen) atoms. The molecule has 0 aliphatic rings. The van der Waals surface area contributed by atoms with Crippen molar-refractivity contribution in [1.29, 1.82) is 0 Å². The Balaban J connectivity index is 0.000000189. The van der Waals surface area contributed by atoms with Gasteiger partial charge in [0.2, 0.25) is 0 Å². The molecule has 0 aromatic heterocycles. The number of nitrogens with zero attached hydrogens (tertiary/aromatic N) is 6. The van der Waals surface area contributed by atoms with E-state index in [0.717, 1.165) is 86.0 Å². The summed E-state index contributed by atoms with van der Waals surface area (Å²) >= 11 is 0. The molecule has 518 valence electrons. The van der Waals surface area contributed by atoms with Gasteiger partial charge in [-0.15, -0.1) is 0 Å². The Morgan fingerprint density at radius 1 is 0.183 bits per heavy atom. The Hall–Kier alpha value is -10.9. The molecule has 0 atom stereocenters. The van der Waals surface area contributed by atoms with Crippen molar-refractivity contribution in [2.75, 3.05) is 21.3 Å². The average molecular weight is 1660 g/mol.